The van der Waals surface area contributed by atoms with Gasteiger partial charge in [0.1, 0.15) is 34.3 Å². The van der Waals surface area contributed by atoms with E-state index in [4.69, 9.17) is 14.5 Å². The number of ketones is 1. The summed E-state index contributed by atoms with van der Waals surface area (Å²) in [5.41, 5.74) is 2.33. The van der Waals surface area contributed by atoms with Crippen molar-refractivity contribution in [1.82, 2.24) is 15.3 Å². The molecule has 0 amide bonds. The lowest BCUT2D eigenvalue weighted by Crippen LogP contribution is -2.47. The molecule has 1 aromatic heterocycles. The minimum absolute atomic E-state index is 0.0134. The van der Waals surface area contributed by atoms with Crippen molar-refractivity contribution in [3.05, 3.63) is 54.1 Å². The Morgan fingerprint density at radius 2 is 1.82 bits per heavy atom. The maximum Gasteiger partial charge on any atom is 0.195 e. The van der Waals surface area contributed by atoms with Gasteiger partial charge in [-0.25, -0.2) is 4.98 Å². The Hall–Kier alpha value is -3.48. The number of ether oxygens (including phenoxy) is 2. The summed E-state index contributed by atoms with van der Waals surface area (Å²) in [6, 6.07) is 13.5. The van der Waals surface area contributed by atoms with Gasteiger partial charge in [0, 0.05) is 24.7 Å². The van der Waals surface area contributed by atoms with E-state index in [9.17, 15) is 4.79 Å². The number of para-hydroxylation sites is 2. The van der Waals surface area contributed by atoms with Gasteiger partial charge in [-0.05, 0) is 44.7 Å². The van der Waals surface area contributed by atoms with Crippen molar-refractivity contribution in [1.29, 1.82) is 0 Å². The minimum atomic E-state index is -0.826. The molecule has 1 aliphatic heterocycles. The lowest BCUT2D eigenvalue weighted by Gasteiger charge is -2.36. The largest absolute Gasteiger partial charge is 0.497 e. The number of hydrogen-bond acceptors (Lipinski definition) is 6. The van der Waals surface area contributed by atoms with E-state index in [2.05, 4.69) is 15.2 Å². The molecule has 0 bridgehead atoms. The molecule has 1 fully saturated rings. The zero-order valence-electron chi connectivity index (χ0n) is 19.6. The van der Waals surface area contributed by atoms with Crippen molar-refractivity contribution in [3.63, 3.8) is 0 Å². The zero-order chi connectivity index (χ0) is 23.2. The molecule has 0 unspecified atom stereocenters. The summed E-state index contributed by atoms with van der Waals surface area (Å²) < 4.78 is 11.0. The molecular formula is C26H30N4O3. The van der Waals surface area contributed by atoms with Crippen molar-refractivity contribution in [2.24, 2.45) is 5.92 Å². The van der Waals surface area contributed by atoms with E-state index in [1.54, 1.807) is 14.2 Å². The van der Waals surface area contributed by atoms with E-state index in [1.165, 1.54) is 19.3 Å². The average molecular weight is 447 g/mol. The minimum Gasteiger partial charge on any atom is -0.497 e. The number of aromatic amines is 1. The van der Waals surface area contributed by atoms with Gasteiger partial charge in [-0.15, -0.1) is 0 Å². The van der Waals surface area contributed by atoms with Gasteiger partial charge in [0.25, 0.3) is 0 Å². The number of hydrogen-bond donors (Lipinski definition) is 2. The number of carbonyl (C=O) groups is 1. The third-order valence-corrected chi connectivity index (χ3v) is 6.81. The van der Waals surface area contributed by atoms with Gasteiger partial charge in [-0.2, -0.15) is 0 Å². The van der Waals surface area contributed by atoms with Gasteiger partial charge in [0.2, 0.25) is 0 Å². The first-order chi connectivity index (χ1) is 15.9. The van der Waals surface area contributed by atoms with Crippen molar-refractivity contribution in [3.8, 4) is 11.5 Å². The Bertz CT molecular complexity index is 1180. The third kappa shape index (κ3) is 3.61. The lowest BCUT2D eigenvalue weighted by molar-refractivity contribution is -0.116. The molecule has 2 aliphatic rings. The molecule has 0 saturated heterocycles. The fourth-order valence-electron chi connectivity index (χ4n) is 4.68. The zero-order valence-corrected chi connectivity index (χ0v) is 19.6. The highest BCUT2D eigenvalue weighted by Crippen LogP contribution is 2.43. The highest BCUT2D eigenvalue weighted by molar-refractivity contribution is 6.29. The lowest BCUT2D eigenvalue weighted by atomic mass is 9.85. The van der Waals surface area contributed by atoms with Gasteiger partial charge in [-0.3, -0.25) is 4.79 Å². The Morgan fingerprint density at radius 3 is 2.42 bits per heavy atom. The molecule has 1 saturated carbocycles. The Kier molecular flexibility index (Phi) is 5.27. The van der Waals surface area contributed by atoms with E-state index >= 15 is 0 Å². The van der Waals surface area contributed by atoms with Crippen LogP contribution in [0.3, 0.4) is 0 Å². The predicted octanol–water partition coefficient (Wildman–Crippen LogP) is 4.51. The number of imidazole rings is 1. The standard InChI is InChI=1S/C26H30N4O3/c1-26(2)23(31)22(24-28-20-10-5-6-11-21(20)29-24)25(27-15-16-8-7-9-16)30(26)17-12-18(32-3)14-19(13-17)33-4/h5-6,10-14,16,27H,7-9,15H2,1-4H3,(H,28,29). The van der Waals surface area contributed by atoms with Crippen molar-refractivity contribution >= 4 is 28.1 Å². The van der Waals surface area contributed by atoms with Crippen LogP contribution in [0, 0.1) is 5.92 Å². The molecule has 7 heteroatoms. The van der Waals surface area contributed by atoms with Crippen LogP contribution in [0.15, 0.2) is 48.3 Å². The Morgan fingerprint density at radius 1 is 1.12 bits per heavy atom. The van der Waals surface area contributed by atoms with Crippen molar-refractivity contribution in [2.45, 2.75) is 38.6 Å². The molecule has 2 N–H and O–H groups in total. The van der Waals surface area contributed by atoms with Crippen LogP contribution in [-0.2, 0) is 4.79 Å². The molecule has 7 nitrogen and oxygen atoms in total. The first kappa shape index (κ1) is 21.4. The number of anilines is 1. The SMILES string of the molecule is COc1cc(OC)cc(N2C(NCC3CCC3)=C(c3nc4ccccc4[nH]3)C(=O)C2(C)C)c1. The summed E-state index contributed by atoms with van der Waals surface area (Å²) in [5, 5.41) is 3.63. The van der Waals surface area contributed by atoms with Crippen molar-refractivity contribution < 1.29 is 14.3 Å². The van der Waals surface area contributed by atoms with Crippen LogP contribution in [0.1, 0.15) is 38.9 Å². The number of nitrogens with one attached hydrogen (secondary N) is 2. The van der Waals surface area contributed by atoms with Gasteiger partial charge in [-0.1, -0.05) is 18.6 Å². The fraction of sp³-hybridized carbons (Fsp3) is 0.385. The molecule has 0 atom stereocenters. The predicted molar refractivity (Wildman–Crippen MR) is 129 cm³/mol. The number of H-pyrrole nitrogens is 1. The highest BCUT2D eigenvalue weighted by atomic mass is 16.5. The van der Waals surface area contributed by atoms with E-state index in [-0.39, 0.29) is 5.78 Å². The van der Waals surface area contributed by atoms with Gasteiger partial charge in [0.15, 0.2) is 5.78 Å². The topological polar surface area (TPSA) is 79.5 Å². The summed E-state index contributed by atoms with van der Waals surface area (Å²) >= 11 is 0. The van der Waals surface area contributed by atoms with Crippen molar-refractivity contribution in [2.75, 3.05) is 25.7 Å². The summed E-state index contributed by atoms with van der Waals surface area (Å²) in [6.45, 7) is 4.71. The Balaban J connectivity index is 1.67. The summed E-state index contributed by atoms with van der Waals surface area (Å²) in [4.78, 5) is 24.1. The third-order valence-electron chi connectivity index (χ3n) is 6.81. The van der Waals surface area contributed by atoms with Crippen LogP contribution in [0.5, 0.6) is 11.5 Å². The molecule has 0 spiro atoms. The normalized spacial score (nSPS) is 18.1. The molecule has 0 radical (unpaired) electrons. The summed E-state index contributed by atoms with van der Waals surface area (Å²) in [7, 11) is 3.26. The number of fused-ring (bicyclic) bond motifs is 1. The number of rotatable bonds is 7. The van der Waals surface area contributed by atoms with Gasteiger partial charge in [0.05, 0.1) is 30.9 Å². The number of benzene rings is 2. The Labute approximate surface area is 193 Å². The second kappa shape index (κ2) is 8.14. The van der Waals surface area contributed by atoms with E-state index in [0.29, 0.717) is 28.8 Å². The second-order valence-electron chi connectivity index (χ2n) is 9.30. The smallest absolute Gasteiger partial charge is 0.195 e. The molecule has 3 aromatic rings. The van der Waals surface area contributed by atoms with Crippen LogP contribution in [0.25, 0.3) is 16.6 Å². The molecular weight excluding hydrogens is 416 g/mol. The first-order valence-corrected chi connectivity index (χ1v) is 11.4. The number of Topliss-reactive ketones (excluding diaryl/α,β-unsaturated/α-hetero) is 1. The van der Waals surface area contributed by atoms with Gasteiger partial charge >= 0.3 is 0 Å². The number of methoxy groups -OCH3 is 2. The van der Waals surface area contributed by atoms with E-state index < -0.39 is 5.54 Å². The van der Waals surface area contributed by atoms with Gasteiger partial charge < -0.3 is 24.7 Å². The first-order valence-electron chi connectivity index (χ1n) is 11.4. The van der Waals surface area contributed by atoms with Crippen LogP contribution in [0.2, 0.25) is 0 Å². The molecule has 33 heavy (non-hydrogen) atoms. The molecule has 1 aliphatic carbocycles. The van der Waals surface area contributed by atoms with Crippen LogP contribution in [-0.4, -0.2) is 42.1 Å². The fourth-order valence-corrected chi connectivity index (χ4v) is 4.68. The maximum absolute atomic E-state index is 13.9. The monoisotopic (exact) mass is 446 g/mol. The highest BCUT2D eigenvalue weighted by Gasteiger charge is 2.48. The van der Waals surface area contributed by atoms with Crippen LogP contribution < -0.4 is 19.7 Å². The molecule has 172 valence electrons. The quantitative estimate of drug-likeness (QED) is 0.556. The number of carbonyl (C=O) groups excluding carboxylic acids is 1. The molecule has 2 aromatic carbocycles. The van der Waals surface area contributed by atoms with Crippen LogP contribution in [0.4, 0.5) is 5.69 Å². The molecule has 2 heterocycles. The molecule has 5 rings (SSSR count). The van der Waals surface area contributed by atoms with E-state index in [1.807, 2.05) is 56.3 Å². The summed E-state index contributed by atoms with van der Waals surface area (Å²) in [5.74, 6) is 3.33. The number of aromatic nitrogens is 2. The van der Waals surface area contributed by atoms with Crippen LogP contribution >= 0.6 is 0 Å². The second-order valence-corrected chi connectivity index (χ2v) is 9.30. The van der Waals surface area contributed by atoms with E-state index in [0.717, 1.165) is 29.1 Å². The average Bonchev–Trinajstić information content (AvgIpc) is 3.28. The summed E-state index contributed by atoms with van der Waals surface area (Å²) in [6.07, 6.45) is 3.69. The number of nitrogens with zero attached hydrogens (tertiary/aromatic N) is 2. The maximum atomic E-state index is 13.9.